The molecule has 0 unspecified atom stereocenters. The molecule has 3 N–H and O–H groups in total. The molecule has 0 fully saturated rings. The van der Waals surface area contributed by atoms with Crippen LogP contribution in [0.2, 0.25) is 5.02 Å². The second-order valence-electron chi connectivity index (χ2n) is 6.95. The smallest absolute Gasteiger partial charge is 0.353 e. The van der Waals surface area contributed by atoms with Gasteiger partial charge in [-0.3, -0.25) is 0 Å². The van der Waals surface area contributed by atoms with E-state index in [-0.39, 0.29) is 17.8 Å². The van der Waals surface area contributed by atoms with Gasteiger partial charge in [-0.1, -0.05) is 41.9 Å². The normalized spacial score (nSPS) is 11.1. The molecule has 0 saturated carbocycles. The van der Waals surface area contributed by atoms with E-state index in [1.165, 1.54) is 6.07 Å². The predicted molar refractivity (Wildman–Crippen MR) is 114 cm³/mol. The van der Waals surface area contributed by atoms with Crippen LogP contribution in [0.25, 0.3) is 22.0 Å². The van der Waals surface area contributed by atoms with E-state index in [9.17, 15) is 14.3 Å². The minimum absolute atomic E-state index is 0.00603. The number of carboxylic acids is 1. The van der Waals surface area contributed by atoms with Gasteiger partial charge in [0.05, 0.1) is 0 Å². The van der Waals surface area contributed by atoms with Gasteiger partial charge in [0, 0.05) is 39.3 Å². The van der Waals surface area contributed by atoms with Crippen molar-refractivity contribution in [2.75, 3.05) is 5.73 Å². The molecule has 29 heavy (non-hydrogen) atoms. The maximum Gasteiger partial charge on any atom is 0.353 e. The van der Waals surface area contributed by atoms with Crippen LogP contribution < -0.4 is 5.73 Å². The summed E-state index contributed by atoms with van der Waals surface area (Å²) in [7, 11) is 0. The lowest BCUT2D eigenvalue weighted by Gasteiger charge is -2.11. The van der Waals surface area contributed by atoms with Gasteiger partial charge in [-0.05, 0) is 48.4 Å². The van der Waals surface area contributed by atoms with Gasteiger partial charge in [-0.2, -0.15) is 0 Å². The summed E-state index contributed by atoms with van der Waals surface area (Å²) in [5.74, 6) is -1.63. The fourth-order valence-electron chi connectivity index (χ4n) is 3.62. The molecule has 1 heterocycles. The molecule has 0 bridgehead atoms. The highest BCUT2D eigenvalue weighted by molar-refractivity contribution is 6.31. The van der Waals surface area contributed by atoms with Crippen molar-refractivity contribution in [2.24, 2.45) is 0 Å². The molecule has 4 nitrogen and oxygen atoms in total. The van der Waals surface area contributed by atoms with E-state index in [2.05, 4.69) is 0 Å². The fourth-order valence-corrected chi connectivity index (χ4v) is 3.79. The summed E-state index contributed by atoms with van der Waals surface area (Å²) in [5, 5.41) is 11.1. The average Bonchev–Trinajstić information content (AvgIpc) is 2.98. The van der Waals surface area contributed by atoms with Crippen molar-refractivity contribution in [2.45, 2.75) is 13.5 Å². The van der Waals surface area contributed by atoms with Gasteiger partial charge < -0.3 is 15.4 Å². The monoisotopic (exact) mass is 408 g/mol. The lowest BCUT2D eigenvalue weighted by atomic mass is 10.0. The predicted octanol–water partition coefficient (Wildman–Crippen LogP) is 5.74. The molecule has 0 saturated heterocycles. The summed E-state index contributed by atoms with van der Waals surface area (Å²) in [4.78, 5) is 12.3. The lowest BCUT2D eigenvalue weighted by molar-refractivity contribution is 0.0687. The summed E-state index contributed by atoms with van der Waals surface area (Å²) in [6.07, 6.45) is 0. The van der Waals surface area contributed by atoms with E-state index in [0.717, 1.165) is 11.1 Å². The number of halogens is 2. The first-order valence-electron chi connectivity index (χ1n) is 9.01. The third-order valence-electron chi connectivity index (χ3n) is 5.06. The van der Waals surface area contributed by atoms with Crippen molar-refractivity contribution in [1.82, 2.24) is 4.57 Å². The number of aromatic nitrogens is 1. The highest BCUT2D eigenvalue weighted by atomic mass is 35.5. The Labute approximate surface area is 172 Å². The SMILES string of the molecule is Cc1ccc(Cn2c(C(=O)O)c(-c3ccccc3F)c3cc(Cl)ccc32)cc1N. The highest BCUT2D eigenvalue weighted by Gasteiger charge is 2.25. The minimum Gasteiger partial charge on any atom is -0.477 e. The number of aryl methyl sites for hydroxylation is 1. The second kappa shape index (κ2) is 7.26. The first kappa shape index (κ1) is 19.0. The summed E-state index contributed by atoms with van der Waals surface area (Å²) >= 11 is 6.19. The van der Waals surface area contributed by atoms with E-state index in [1.54, 1.807) is 41.0 Å². The summed E-state index contributed by atoms with van der Waals surface area (Å²) in [5.41, 5.74) is 9.66. The van der Waals surface area contributed by atoms with E-state index in [0.29, 0.717) is 27.2 Å². The van der Waals surface area contributed by atoms with Crippen LogP contribution in [0.5, 0.6) is 0 Å². The van der Waals surface area contributed by atoms with Gasteiger partial charge in [0.25, 0.3) is 0 Å². The maximum atomic E-state index is 14.6. The highest BCUT2D eigenvalue weighted by Crippen LogP contribution is 2.38. The quantitative estimate of drug-likeness (QED) is 0.423. The molecular weight excluding hydrogens is 391 g/mol. The molecule has 0 aliphatic carbocycles. The molecule has 0 radical (unpaired) electrons. The Kier molecular flexibility index (Phi) is 4.76. The third kappa shape index (κ3) is 3.34. The number of anilines is 1. The fraction of sp³-hybridized carbons (Fsp3) is 0.0870. The third-order valence-corrected chi connectivity index (χ3v) is 5.29. The molecular formula is C23H18ClFN2O2. The Morgan fingerprint density at radius 2 is 1.90 bits per heavy atom. The number of benzene rings is 3. The lowest BCUT2D eigenvalue weighted by Crippen LogP contribution is -2.11. The summed E-state index contributed by atoms with van der Waals surface area (Å²) in [6, 6.07) is 16.9. The van der Waals surface area contributed by atoms with Gasteiger partial charge in [0.1, 0.15) is 11.5 Å². The Morgan fingerprint density at radius 1 is 1.14 bits per heavy atom. The second-order valence-corrected chi connectivity index (χ2v) is 7.38. The van der Waals surface area contributed by atoms with E-state index < -0.39 is 11.8 Å². The number of hydrogen-bond donors (Lipinski definition) is 2. The van der Waals surface area contributed by atoms with Crippen LogP contribution >= 0.6 is 11.6 Å². The molecule has 0 aliphatic rings. The zero-order chi connectivity index (χ0) is 20.7. The summed E-state index contributed by atoms with van der Waals surface area (Å²) < 4.78 is 16.3. The Hall–Kier alpha value is -3.31. The van der Waals surface area contributed by atoms with Crippen LogP contribution in [0, 0.1) is 12.7 Å². The van der Waals surface area contributed by atoms with Crippen molar-refractivity contribution >= 4 is 34.2 Å². The molecule has 6 heteroatoms. The number of hydrogen-bond acceptors (Lipinski definition) is 2. The van der Waals surface area contributed by atoms with Gasteiger partial charge in [-0.25, -0.2) is 9.18 Å². The van der Waals surface area contributed by atoms with Gasteiger partial charge in [-0.15, -0.1) is 0 Å². The summed E-state index contributed by atoms with van der Waals surface area (Å²) in [6.45, 7) is 2.18. The average molecular weight is 409 g/mol. The Morgan fingerprint density at radius 3 is 2.59 bits per heavy atom. The molecule has 0 amide bonds. The number of carboxylic acid groups (broad SMARTS) is 1. The molecule has 1 aromatic heterocycles. The Bertz CT molecular complexity index is 1260. The van der Waals surface area contributed by atoms with E-state index in [1.807, 2.05) is 25.1 Å². The first-order chi connectivity index (χ1) is 13.9. The standard InChI is InChI=1S/C23H18ClFN2O2/c1-13-6-7-14(10-19(13)26)12-27-20-9-8-15(24)11-17(20)21(22(27)23(28)29)16-4-2-3-5-18(16)25/h2-11H,12,26H2,1H3,(H,28,29). The van der Waals surface area contributed by atoms with Gasteiger partial charge >= 0.3 is 5.97 Å². The van der Waals surface area contributed by atoms with Crippen molar-refractivity contribution in [1.29, 1.82) is 0 Å². The molecule has 0 aliphatic heterocycles. The number of rotatable bonds is 4. The Balaban J connectivity index is 2.04. The van der Waals surface area contributed by atoms with Crippen LogP contribution in [-0.2, 0) is 6.54 Å². The van der Waals surface area contributed by atoms with Crippen LogP contribution in [0.1, 0.15) is 21.6 Å². The number of nitrogen functional groups attached to an aromatic ring is 1. The zero-order valence-electron chi connectivity index (χ0n) is 15.6. The number of aromatic carboxylic acids is 1. The van der Waals surface area contributed by atoms with Gasteiger partial charge in [0.15, 0.2) is 0 Å². The minimum atomic E-state index is -1.14. The molecule has 0 atom stereocenters. The van der Waals surface area contributed by atoms with Crippen molar-refractivity contribution in [3.63, 3.8) is 0 Å². The molecule has 3 aromatic carbocycles. The van der Waals surface area contributed by atoms with E-state index in [4.69, 9.17) is 17.3 Å². The number of carbonyl (C=O) groups is 1. The topological polar surface area (TPSA) is 68.2 Å². The molecule has 146 valence electrons. The maximum absolute atomic E-state index is 14.6. The van der Waals surface area contributed by atoms with Crippen LogP contribution in [0.4, 0.5) is 10.1 Å². The zero-order valence-corrected chi connectivity index (χ0v) is 16.4. The van der Waals surface area contributed by atoms with E-state index >= 15 is 0 Å². The number of nitrogens with two attached hydrogens (primary N) is 1. The number of nitrogens with zero attached hydrogens (tertiary/aromatic N) is 1. The molecule has 4 aromatic rings. The van der Waals surface area contributed by atoms with Crippen LogP contribution in [-0.4, -0.2) is 15.6 Å². The number of fused-ring (bicyclic) bond motifs is 1. The van der Waals surface area contributed by atoms with Crippen molar-refractivity contribution in [3.05, 3.63) is 88.3 Å². The van der Waals surface area contributed by atoms with Crippen LogP contribution in [0.3, 0.4) is 0 Å². The largest absolute Gasteiger partial charge is 0.477 e. The van der Waals surface area contributed by atoms with Gasteiger partial charge in [0.2, 0.25) is 0 Å². The van der Waals surface area contributed by atoms with Crippen molar-refractivity contribution < 1.29 is 14.3 Å². The first-order valence-corrected chi connectivity index (χ1v) is 9.39. The molecule has 4 rings (SSSR count). The molecule has 0 spiro atoms. The van der Waals surface area contributed by atoms with Crippen molar-refractivity contribution in [3.8, 4) is 11.1 Å². The van der Waals surface area contributed by atoms with Crippen LogP contribution in [0.15, 0.2) is 60.7 Å².